The summed E-state index contributed by atoms with van der Waals surface area (Å²) < 4.78 is 6.11. The molecule has 9 aromatic rings. The number of hydrogen-bond acceptors (Lipinski definition) is 4. The first-order valence-electron chi connectivity index (χ1n) is 15.1. The highest BCUT2D eigenvalue weighted by molar-refractivity contribution is 6.28. The van der Waals surface area contributed by atoms with Crippen molar-refractivity contribution in [1.29, 1.82) is 0 Å². The zero-order valence-electron chi connectivity index (χ0n) is 24.5. The molecule has 0 atom stereocenters. The fourth-order valence-electron chi connectivity index (χ4n) is 6.37. The largest absolute Gasteiger partial charge is 0.456 e. The van der Waals surface area contributed by atoms with Gasteiger partial charge in [-0.1, -0.05) is 109 Å². The van der Waals surface area contributed by atoms with Crippen molar-refractivity contribution in [2.24, 2.45) is 0 Å². The molecule has 9 rings (SSSR count). The van der Waals surface area contributed by atoms with Crippen molar-refractivity contribution >= 4 is 55.1 Å². The van der Waals surface area contributed by atoms with Crippen LogP contribution in [0.4, 0.5) is 0 Å². The molecule has 46 heavy (non-hydrogen) atoms. The lowest BCUT2D eigenvalue weighted by atomic mass is 9.93. The quantitative estimate of drug-likeness (QED) is 0.199. The number of halogens is 1. The third-order valence-electron chi connectivity index (χ3n) is 8.64. The Morgan fingerprint density at radius 2 is 1.04 bits per heavy atom. The maximum Gasteiger partial charge on any atom is 0.226 e. The number of furan rings is 1. The summed E-state index contributed by atoms with van der Waals surface area (Å²) in [7, 11) is 0. The van der Waals surface area contributed by atoms with Gasteiger partial charge in [0, 0.05) is 21.9 Å². The molecule has 4 nitrogen and oxygen atoms in total. The van der Waals surface area contributed by atoms with Gasteiger partial charge in [0.1, 0.15) is 11.2 Å². The lowest BCUT2D eigenvalue weighted by Crippen LogP contribution is -1.97. The van der Waals surface area contributed by atoms with Crippen molar-refractivity contribution in [2.45, 2.75) is 0 Å². The minimum Gasteiger partial charge on any atom is -0.456 e. The van der Waals surface area contributed by atoms with Crippen molar-refractivity contribution < 1.29 is 4.42 Å². The van der Waals surface area contributed by atoms with Crippen LogP contribution in [-0.2, 0) is 0 Å². The summed E-state index contributed by atoms with van der Waals surface area (Å²) in [5.41, 5.74) is 7.87. The Morgan fingerprint density at radius 3 is 1.96 bits per heavy atom. The molecule has 0 aliphatic carbocycles. The Morgan fingerprint density at radius 1 is 0.391 bits per heavy atom. The van der Waals surface area contributed by atoms with Crippen molar-refractivity contribution in [3.05, 3.63) is 151 Å². The van der Waals surface area contributed by atoms with Gasteiger partial charge in [-0.15, -0.1) is 0 Å². The monoisotopic (exact) mass is 609 g/mol. The van der Waals surface area contributed by atoms with Gasteiger partial charge in [0.2, 0.25) is 5.28 Å². The van der Waals surface area contributed by atoms with Crippen LogP contribution in [0.1, 0.15) is 0 Å². The van der Waals surface area contributed by atoms with Crippen LogP contribution in [0, 0.1) is 0 Å². The van der Waals surface area contributed by atoms with Crippen LogP contribution in [0.3, 0.4) is 0 Å². The molecule has 0 aliphatic heterocycles. The van der Waals surface area contributed by atoms with Gasteiger partial charge < -0.3 is 4.42 Å². The number of fused-ring (bicyclic) bond motifs is 5. The van der Waals surface area contributed by atoms with E-state index in [4.69, 9.17) is 21.0 Å². The number of benzene rings is 7. The smallest absolute Gasteiger partial charge is 0.226 e. The van der Waals surface area contributed by atoms with E-state index in [0.717, 1.165) is 44.2 Å². The second-order valence-corrected chi connectivity index (χ2v) is 11.8. The molecule has 0 saturated heterocycles. The number of hydrogen-bond donors (Lipinski definition) is 0. The van der Waals surface area contributed by atoms with E-state index in [-0.39, 0.29) is 5.28 Å². The van der Waals surface area contributed by atoms with Crippen LogP contribution in [-0.4, -0.2) is 15.0 Å². The van der Waals surface area contributed by atoms with Crippen LogP contribution >= 0.6 is 11.6 Å². The molecule has 0 unspecified atom stereocenters. The molecular formula is C41H24ClN3O. The van der Waals surface area contributed by atoms with E-state index in [0.29, 0.717) is 11.6 Å². The van der Waals surface area contributed by atoms with Crippen molar-refractivity contribution in [3.63, 3.8) is 0 Å². The second-order valence-electron chi connectivity index (χ2n) is 11.4. The lowest BCUT2D eigenvalue weighted by Gasteiger charge is -2.11. The molecule has 0 saturated carbocycles. The Kier molecular flexibility index (Phi) is 6.15. The fraction of sp³-hybridized carbons (Fsp3) is 0. The summed E-state index contributed by atoms with van der Waals surface area (Å²) in [5.74, 6) is 1.01. The van der Waals surface area contributed by atoms with Crippen LogP contribution in [0.25, 0.3) is 88.5 Å². The van der Waals surface area contributed by atoms with Gasteiger partial charge in [0.25, 0.3) is 0 Å². The van der Waals surface area contributed by atoms with E-state index in [2.05, 4.69) is 107 Å². The number of para-hydroxylation sites is 1. The Hall–Kier alpha value is -5.84. The Balaban J connectivity index is 1.11. The molecule has 0 spiro atoms. The molecular weight excluding hydrogens is 586 g/mol. The summed E-state index contributed by atoms with van der Waals surface area (Å²) in [6, 6.07) is 50.5. The minimum atomic E-state index is 0.140. The summed E-state index contributed by atoms with van der Waals surface area (Å²) in [6.45, 7) is 0. The molecule has 5 heteroatoms. The van der Waals surface area contributed by atoms with Gasteiger partial charge in [0.05, 0.1) is 0 Å². The molecule has 216 valence electrons. The Labute approximate surface area is 269 Å². The standard InChI is InChI=1S/C41H24ClN3O/c42-41-44-39(43-40(45-41)32-19-20-35-34-12-3-4-14-37(34)46-38(35)24-32)31-11-5-10-28(22-31)29-17-16-26-9-6-13-33(36(26)23-29)30-18-15-25-7-1-2-8-27(25)21-30/h1-24H. The van der Waals surface area contributed by atoms with Gasteiger partial charge >= 0.3 is 0 Å². The predicted octanol–water partition coefficient (Wildman–Crippen LogP) is 11.4. The van der Waals surface area contributed by atoms with Gasteiger partial charge in [0.15, 0.2) is 11.6 Å². The van der Waals surface area contributed by atoms with E-state index in [1.54, 1.807) is 0 Å². The fourth-order valence-corrected chi connectivity index (χ4v) is 6.53. The van der Waals surface area contributed by atoms with Crippen molar-refractivity contribution in [2.75, 3.05) is 0 Å². The number of rotatable bonds is 4. The predicted molar refractivity (Wildman–Crippen MR) is 189 cm³/mol. The summed E-state index contributed by atoms with van der Waals surface area (Å²) in [4.78, 5) is 13.8. The SMILES string of the molecule is Clc1nc(-c2cccc(-c3ccc4cccc(-c5ccc6ccccc6c5)c4c3)c2)nc(-c2ccc3c(c2)oc2ccccc23)n1. The van der Waals surface area contributed by atoms with Crippen LogP contribution in [0.5, 0.6) is 0 Å². The van der Waals surface area contributed by atoms with E-state index in [1.165, 1.54) is 32.7 Å². The zero-order valence-corrected chi connectivity index (χ0v) is 25.2. The van der Waals surface area contributed by atoms with E-state index < -0.39 is 0 Å². The maximum absolute atomic E-state index is 6.48. The third kappa shape index (κ3) is 4.59. The first kappa shape index (κ1) is 26.6. The molecule has 2 heterocycles. The second kappa shape index (κ2) is 10.7. The molecule has 2 aromatic heterocycles. The molecule has 0 fully saturated rings. The molecule has 0 radical (unpaired) electrons. The molecule has 0 N–H and O–H groups in total. The summed E-state index contributed by atoms with van der Waals surface area (Å²) in [5, 5.41) is 7.13. The molecule has 7 aromatic carbocycles. The van der Waals surface area contributed by atoms with Gasteiger partial charge in [-0.25, -0.2) is 4.98 Å². The maximum atomic E-state index is 6.48. The average Bonchev–Trinajstić information content (AvgIpc) is 3.49. The highest BCUT2D eigenvalue weighted by Crippen LogP contribution is 2.35. The van der Waals surface area contributed by atoms with Crippen molar-refractivity contribution in [3.8, 4) is 45.0 Å². The van der Waals surface area contributed by atoms with Crippen LogP contribution in [0.2, 0.25) is 5.28 Å². The third-order valence-corrected chi connectivity index (χ3v) is 8.81. The molecule has 0 aliphatic rings. The first-order chi connectivity index (χ1) is 22.7. The summed E-state index contributed by atoms with van der Waals surface area (Å²) in [6.07, 6.45) is 0. The van der Waals surface area contributed by atoms with Crippen molar-refractivity contribution in [1.82, 2.24) is 15.0 Å². The molecule has 0 bridgehead atoms. The lowest BCUT2D eigenvalue weighted by molar-refractivity contribution is 0.669. The first-order valence-corrected chi connectivity index (χ1v) is 15.5. The highest BCUT2D eigenvalue weighted by atomic mass is 35.5. The zero-order chi connectivity index (χ0) is 30.6. The number of nitrogens with zero attached hydrogens (tertiary/aromatic N) is 3. The Bertz CT molecular complexity index is 2620. The van der Waals surface area contributed by atoms with E-state index in [9.17, 15) is 0 Å². The van der Waals surface area contributed by atoms with E-state index in [1.807, 2.05) is 48.5 Å². The van der Waals surface area contributed by atoms with Gasteiger partial charge in [-0.3, -0.25) is 0 Å². The topological polar surface area (TPSA) is 51.8 Å². The van der Waals surface area contributed by atoms with Crippen LogP contribution in [0.15, 0.2) is 150 Å². The molecule has 0 amide bonds. The highest BCUT2D eigenvalue weighted by Gasteiger charge is 2.14. The summed E-state index contributed by atoms with van der Waals surface area (Å²) >= 11 is 6.48. The van der Waals surface area contributed by atoms with Gasteiger partial charge in [-0.2, -0.15) is 9.97 Å². The number of aromatic nitrogens is 3. The van der Waals surface area contributed by atoms with Crippen LogP contribution < -0.4 is 0 Å². The van der Waals surface area contributed by atoms with Gasteiger partial charge in [-0.05, 0) is 91.8 Å². The minimum absolute atomic E-state index is 0.140. The van der Waals surface area contributed by atoms with E-state index >= 15 is 0 Å². The average molecular weight is 610 g/mol. The normalized spacial score (nSPS) is 11.6.